The van der Waals surface area contributed by atoms with Gasteiger partial charge in [-0.2, -0.15) is 0 Å². The Bertz CT molecular complexity index is 252. The van der Waals surface area contributed by atoms with Gasteiger partial charge in [0.2, 0.25) is 0 Å². The Hall–Kier alpha value is -0.300. The Morgan fingerprint density at radius 3 is 2.50 bits per heavy atom. The summed E-state index contributed by atoms with van der Waals surface area (Å²) in [5, 5.41) is 9.49. The molecule has 12 heavy (non-hydrogen) atoms. The molecule has 1 N–H and O–H groups in total. The molecule has 1 heteroatoms. The van der Waals surface area contributed by atoms with Crippen LogP contribution in [0, 0.1) is 22.7 Å². The Labute approximate surface area is 73.5 Å². The van der Waals surface area contributed by atoms with Crippen LogP contribution in [0.4, 0.5) is 0 Å². The summed E-state index contributed by atoms with van der Waals surface area (Å²) in [6, 6.07) is 0. The lowest BCUT2D eigenvalue weighted by atomic mass is 9.68. The van der Waals surface area contributed by atoms with E-state index in [-0.39, 0.29) is 5.41 Å². The molecular weight excluding hydrogens is 148 g/mol. The van der Waals surface area contributed by atoms with Crippen molar-refractivity contribution in [2.45, 2.75) is 26.2 Å². The number of fused-ring (bicyclic) bond motifs is 3. The second-order valence-electron chi connectivity index (χ2n) is 5.07. The van der Waals surface area contributed by atoms with Crippen LogP contribution in [0.2, 0.25) is 0 Å². The Morgan fingerprint density at radius 1 is 1.33 bits per heavy atom. The monoisotopic (exact) mass is 164 g/mol. The quantitative estimate of drug-likeness (QED) is 0.587. The standard InChI is InChI=1S/C11H16O/c1-10(7-12)8-2-3-9(6-8)11(10)4-5-11/h2-3,8-9,12H,4-7H2,1H3. The number of aliphatic hydroxyl groups excluding tert-OH is 1. The zero-order valence-electron chi connectivity index (χ0n) is 7.59. The van der Waals surface area contributed by atoms with E-state index < -0.39 is 0 Å². The molecule has 0 heterocycles. The van der Waals surface area contributed by atoms with Crippen molar-refractivity contribution in [1.29, 1.82) is 0 Å². The van der Waals surface area contributed by atoms with E-state index in [1.807, 2.05) is 0 Å². The molecule has 1 nitrogen and oxygen atoms in total. The minimum absolute atomic E-state index is 0.229. The molecule has 0 aromatic heterocycles. The van der Waals surface area contributed by atoms with Crippen molar-refractivity contribution in [3.05, 3.63) is 12.2 Å². The van der Waals surface area contributed by atoms with Crippen LogP contribution in [0.5, 0.6) is 0 Å². The summed E-state index contributed by atoms with van der Waals surface area (Å²) in [5.74, 6) is 1.48. The molecule has 2 fully saturated rings. The summed E-state index contributed by atoms with van der Waals surface area (Å²) in [6.45, 7) is 2.67. The first-order chi connectivity index (χ1) is 5.73. The van der Waals surface area contributed by atoms with Crippen molar-refractivity contribution in [2.75, 3.05) is 6.61 Å². The highest BCUT2D eigenvalue weighted by molar-refractivity contribution is 5.28. The molecule has 3 aliphatic carbocycles. The van der Waals surface area contributed by atoms with E-state index in [2.05, 4.69) is 19.1 Å². The van der Waals surface area contributed by atoms with Crippen molar-refractivity contribution < 1.29 is 5.11 Å². The van der Waals surface area contributed by atoms with Gasteiger partial charge in [-0.25, -0.2) is 0 Å². The Balaban J connectivity index is 2.08. The normalized spacial score (nSPS) is 52.2. The zero-order valence-corrected chi connectivity index (χ0v) is 7.59. The minimum atomic E-state index is 0.229. The molecule has 0 saturated heterocycles. The third kappa shape index (κ3) is 0.517. The maximum atomic E-state index is 9.49. The fourth-order valence-corrected chi connectivity index (χ4v) is 3.73. The summed E-state index contributed by atoms with van der Waals surface area (Å²) in [5.41, 5.74) is 0.758. The molecule has 3 rings (SSSR count). The molecule has 2 saturated carbocycles. The highest BCUT2D eigenvalue weighted by Crippen LogP contribution is 2.74. The van der Waals surface area contributed by atoms with E-state index >= 15 is 0 Å². The van der Waals surface area contributed by atoms with Crippen LogP contribution in [-0.4, -0.2) is 11.7 Å². The molecule has 0 aromatic carbocycles. The predicted molar refractivity (Wildman–Crippen MR) is 47.6 cm³/mol. The van der Waals surface area contributed by atoms with Gasteiger partial charge in [0.1, 0.15) is 0 Å². The lowest BCUT2D eigenvalue weighted by Crippen LogP contribution is -2.36. The van der Waals surface area contributed by atoms with Gasteiger partial charge in [-0.15, -0.1) is 0 Å². The molecule has 3 unspecified atom stereocenters. The maximum Gasteiger partial charge on any atom is 0.0495 e. The summed E-state index contributed by atoms with van der Waals surface area (Å²) >= 11 is 0. The van der Waals surface area contributed by atoms with E-state index in [1.165, 1.54) is 19.3 Å². The lowest BCUT2D eigenvalue weighted by molar-refractivity contribution is 0.0510. The van der Waals surface area contributed by atoms with Gasteiger partial charge < -0.3 is 5.11 Å². The van der Waals surface area contributed by atoms with Crippen molar-refractivity contribution in [3.8, 4) is 0 Å². The van der Waals surface area contributed by atoms with Crippen LogP contribution in [0.15, 0.2) is 12.2 Å². The highest BCUT2D eigenvalue weighted by Gasteiger charge is 2.68. The van der Waals surface area contributed by atoms with Crippen LogP contribution < -0.4 is 0 Å². The first-order valence-electron chi connectivity index (χ1n) is 5.02. The van der Waals surface area contributed by atoms with Crippen LogP contribution in [0.25, 0.3) is 0 Å². The summed E-state index contributed by atoms with van der Waals surface area (Å²) in [7, 11) is 0. The molecule has 3 atom stereocenters. The van der Waals surface area contributed by atoms with Gasteiger partial charge in [0.15, 0.2) is 0 Å². The van der Waals surface area contributed by atoms with Gasteiger partial charge in [0.25, 0.3) is 0 Å². The van der Waals surface area contributed by atoms with E-state index in [9.17, 15) is 5.11 Å². The van der Waals surface area contributed by atoms with Crippen LogP contribution in [0.1, 0.15) is 26.2 Å². The minimum Gasteiger partial charge on any atom is -0.396 e. The zero-order chi connectivity index (χ0) is 8.40. The SMILES string of the molecule is CC1(CO)C2C=CC(C2)C12CC2. The molecule has 3 aliphatic rings. The third-order valence-electron chi connectivity index (χ3n) is 4.87. The van der Waals surface area contributed by atoms with Gasteiger partial charge in [-0.1, -0.05) is 19.1 Å². The van der Waals surface area contributed by atoms with Crippen molar-refractivity contribution in [3.63, 3.8) is 0 Å². The van der Waals surface area contributed by atoms with E-state index in [4.69, 9.17) is 0 Å². The van der Waals surface area contributed by atoms with E-state index in [1.54, 1.807) is 0 Å². The Kier molecular flexibility index (Phi) is 1.07. The fourth-order valence-electron chi connectivity index (χ4n) is 3.73. The maximum absolute atomic E-state index is 9.49. The van der Waals surface area contributed by atoms with Gasteiger partial charge in [-0.05, 0) is 36.5 Å². The van der Waals surface area contributed by atoms with Crippen LogP contribution in [0.3, 0.4) is 0 Å². The Morgan fingerprint density at radius 2 is 2.00 bits per heavy atom. The van der Waals surface area contributed by atoms with Crippen molar-refractivity contribution in [1.82, 2.24) is 0 Å². The molecule has 66 valence electrons. The molecule has 2 bridgehead atoms. The average Bonchev–Trinajstić information content (AvgIpc) is 2.68. The van der Waals surface area contributed by atoms with Crippen molar-refractivity contribution >= 4 is 0 Å². The first kappa shape index (κ1) is 7.14. The van der Waals surface area contributed by atoms with Crippen molar-refractivity contribution in [2.24, 2.45) is 22.7 Å². The molecule has 0 amide bonds. The van der Waals surface area contributed by atoms with Gasteiger partial charge in [0.05, 0.1) is 0 Å². The summed E-state index contributed by atoms with van der Waals surface area (Å²) in [4.78, 5) is 0. The number of aliphatic hydroxyl groups is 1. The van der Waals surface area contributed by atoms with Gasteiger partial charge >= 0.3 is 0 Å². The summed E-state index contributed by atoms with van der Waals surface area (Å²) in [6.07, 6.45) is 8.77. The largest absolute Gasteiger partial charge is 0.396 e. The number of hydrogen-bond acceptors (Lipinski definition) is 1. The van der Waals surface area contributed by atoms with Crippen LogP contribution >= 0.6 is 0 Å². The molecule has 0 radical (unpaired) electrons. The van der Waals surface area contributed by atoms with E-state index in [0.717, 1.165) is 5.92 Å². The lowest BCUT2D eigenvalue weighted by Gasteiger charge is -2.37. The molecule has 1 spiro atoms. The fraction of sp³-hybridized carbons (Fsp3) is 0.818. The molecule has 0 aromatic rings. The van der Waals surface area contributed by atoms with Gasteiger partial charge in [-0.3, -0.25) is 0 Å². The second kappa shape index (κ2) is 1.79. The topological polar surface area (TPSA) is 20.2 Å². The first-order valence-corrected chi connectivity index (χ1v) is 5.02. The van der Waals surface area contributed by atoms with Crippen LogP contribution in [-0.2, 0) is 0 Å². The second-order valence-corrected chi connectivity index (χ2v) is 5.07. The third-order valence-corrected chi connectivity index (χ3v) is 4.87. The molecular formula is C11H16O. The summed E-state index contributed by atoms with van der Waals surface area (Å²) < 4.78 is 0. The number of rotatable bonds is 1. The van der Waals surface area contributed by atoms with Gasteiger partial charge in [0, 0.05) is 12.0 Å². The number of hydrogen-bond donors (Lipinski definition) is 1. The average molecular weight is 164 g/mol. The number of allylic oxidation sites excluding steroid dienone is 2. The van der Waals surface area contributed by atoms with E-state index in [0.29, 0.717) is 17.9 Å². The predicted octanol–water partition coefficient (Wildman–Crippen LogP) is 1.97. The molecule has 0 aliphatic heterocycles. The smallest absolute Gasteiger partial charge is 0.0495 e. The highest BCUT2D eigenvalue weighted by atomic mass is 16.3.